The summed E-state index contributed by atoms with van der Waals surface area (Å²) in [5, 5.41) is 13.7. The van der Waals surface area contributed by atoms with Crippen LogP contribution in [0.1, 0.15) is 34.8 Å². The number of amides is 2. The zero-order valence-electron chi connectivity index (χ0n) is 9.98. The van der Waals surface area contributed by atoms with Crippen molar-refractivity contribution in [2.75, 3.05) is 6.54 Å². The standard InChI is InChI=1S/C10H14N4O4/c1-3-11-8(15)5(2)14-9(16)6-7(10(17)18)13-4-12-6/h4-5H,3H2,1-2H3,(H,11,15)(H,12,13)(H,14,16)(H,17,18). The molecule has 98 valence electrons. The average Bonchev–Trinajstić information content (AvgIpc) is 2.78. The number of rotatable bonds is 5. The van der Waals surface area contributed by atoms with Crippen LogP contribution in [0, 0.1) is 0 Å². The van der Waals surface area contributed by atoms with E-state index >= 15 is 0 Å². The van der Waals surface area contributed by atoms with Crippen molar-refractivity contribution in [3.8, 4) is 0 Å². The lowest BCUT2D eigenvalue weighted by atomic mass is 10.2. The van der Waals surface area contributed by atoms with Crippen molar-refractivity contribution in [1.29, 1.82) is 0 Å². The van der Waals surface area contributed by atoms with Crippen LogP contribution in [0.15, 0.2) is 6.33 Å². The first-order chi connectivity index (χ1) is 8.47. The summed E-state index contributed by atoms with van der Waals surface area (Å²) in [4.78, 5) is 39.8. The molecule has 0 bridgehead atoms. The van der Waals surface area contributed by atoms with Gasteiger partial charge in [-0.15, -0.1) is 0 Å². The molecule has 0 aliphatic heterocycles. The van der Waals surface area contributed by atoms with Gasteiger partial charge in [0.05, 0.1) is 6.33 Å². The van der Waals surface area contributed by atoms with Crippen LogP contribution in [0.2, 0.25) is 0 Å². The maximum Gasteiger partial charge on any atom is 0.354 e. The molecular formula is C10H14N4O4. The van der Waals surface area contributed by atoms with Gasteiger partial charge in [-0.2, -0.15) is 0 Å². The molecule has 0 aliphatic rings. The highest BCUT2D eigenvalue weighted by Crippen LogP contribution is 2.02. The summed E-state index contributed by atoms with van der Waals surface area (Å²) in [6, 6.07) is -0.768. The molecule has 1 aromatic heterocycles. The largest absolute Gasteiger partial charge is 0.477 e. The fraction of sp³-hybridized carbons (Fsp3) is 0.400. The lowest BCUT2D eigenvalue weighted by molar-refractivity contribution is -0.122. The van der Waals surface area contributed by atoms with Gasteiger partial charge in [0, 0.05) is 6.54 Å². The summed E-state index contributed by atoms with van der Waals surface area (Å²) in [7, 11) is 0. The number of likely N-dealkylation sites (N-methyl/N-ethyl adjacent to an activating group) is 1. The van der Waals surface area contributed by atoms with Crippen LogP contribution in [-0.2, 0) is 4.79 Å². The normalized spacial score (nSPS) is 11.7. The number of imidazole rings is 1. The van der Waals surface area contributed by atoms with E-state index in [1.54, 1.807) is 6.92 Å². The number of nitrogens with one attached hydrogen (secondary N) is 3. The Morgan fingerprint density at radius 1 is 1.50 bits per heavy atom. The molecule has 0 fully saturated rings. The molecule has 1 aromatic rings. The second-order valence-corrected chi connectivity index (χ2v) is 3.52. The molecule has 0 aliphatic carbocycles. The van der Waals surface area contributed by atoms with Gasteiger partial charge in [-0.1, -0.05) is 0 Å². The number of nitrogens with zero attached hydrogens (tertiary/aromatic N) is 1. The Balaban J connectivity index is 2.74. The van der Waals surface area contributed by atoms with Crippen molar-refractivity contribution < 1.29 is 19.5 Å². The number of aromatic amines is 1. The molecule has 4 N–H and O–H groups in total. The van der Waals surface area contributed by atoms with E-state index in [1.807, 2.05) is 0 Å². The zero-order chi connectivity index (χ0) is 13.7. The number of aromatic nitrogens is 2. The van der Waals surface area contributed by atoms with Gasteiger partial charge in [-0.3, -0.25) is 9.59 Å². The topological polar surface area (TPSA) is 124 Å². The van der Waals surface area contributed by atoms with Gasteiger partial charge in [-0.25, -0.2) is 9.78 Å². The third-order valence-corrected chi connectivity index (χ3v) is 2.16. The molecule has 18 heavy (non-hydrogen) atoms. The van der Waals surface area contributed by atoms with Crippen molar-refractivity contribution in [2.24, 2.45) is 0 Å². The summed E-state index contributed by atoms with van der Waals surface area (Å²) >= 11 is 0. The SMILES string of the molecule is CCNC(=O)C(C)NC(=O)c1nc[nH]c1C(=O)O. The zero-order valence-corrected chi connectivity index (χ0v) is 9.98. The van der Waals surface area contributed by atoms with Crippen LogP contribution >= 0.6 is 0 Å². The third kappa shape index (κ3) is 3.06. The first kappa shape index (κ1) is 13.7. The van der Waals surface area contributed by atoms with Crippen molar-refractivity contribution in [3.63, 3.8) is 0 Å². The first-order valence-electron chi connectivity index (χ1n) is 5.32. The van der Waals surface area contributed by atoms with Crippen LogP contribution in [0.25, 0.3) is 0 Å². The smallest absolute Gasteiger partial charge is 0.354 e. The molecule has 2 amide bonds. The second-order valence-electron chi connectivity index (χ2n) is 3.52. The van der Waals surface area contributed by atoms with Crippen molar-refractivity contribution in [1.82, 2.24) is 20.6 Å². The van der Waals surface area contributed by atoms with Crippen molar-refractivity contribution >= 4 is 17.8 Å². The quantitative estimate of drug-likeness (QED) is 0.556. The predicted molar refractivity (Wildman–Crippen MR) is 61.2 cm³/mol. The third-order valence-electron chi connectivity index (χ3n) is 2.16. The lowest BCUT2D eigenvalue weighted by Crippen LogP contribution is -2.45. The Morgan fingerprint density at radius 2 is 2.17 bits per heavy atom. The number of carboxylic acids is 1. The first-order valence-corrected chi connectivity index (χ1v) is 5.32. The maximum atomic E-state index is 11.7. The van der Waals surface area contributed by atoms with Crippen molar-refractivity contribution in [2.45, 2.75) is 19.9 Å². The lowest BCUT2D eigenvalue weighted by Gasteiger charge is -2.12. The highest BCUT2D eigenvalue weighted by Gasteiger charge is 2.22. The number of hydrogen-bond acceptors (Lipinski definition) is 4. The maximum absolute atomic E-state index is 11.7. The molecular weight excluding hydrogens is 240 g/mol. The molecule has 1 atom stereocenters. The molecule has 0 saturated heterocycles. The Kier molecular flexibility index (Phi) is 4.41. The monoisotopic (exact) mass is 254 g/mol. The van der Waals surface area contributed by atoms with E-state index in [4.69, 9.17) is 5.11 Å². The Hall–Kier alpha value is -2.38. The van der Waals surface area contributed by atoms with Gasteiger partial charge in [0.25, 0.3) is 5.91 Å². The van der Waals surface area contributed by atoms with Crippen molar-refractivity contribution in [3.05, 3.63) is 17.7 Å². The Bertz CT molecular complexity index is 468. The number of hydrogen-bond donors (Lipinski definition) is 4. The fourth-order valence-corrected chi connectivity index (χ4v) is 1.29. The second kappa shape index (κ2) is 5.80. The van der Waals surface area contributed by atoms with Crippen LogP contribution in [0.5, 0.6) is 0 Å². The van der Waals surface area contributed by atoms with Crippen LogP contribution in [0.4, 0.5) is 0 Å². The van der Waals surface area contributed by atoms with E-state index in [0.29, 0.717) is 6.54 Å². The minimum atomic E-state index is -1.29. The molecule has 8 heteroatoms. The molecule has 0 spiro atoms. The number of H-pyrrole nitrogens is 1. The summed E-state index contributed by atoms with van der Waals surface area (Å²) in [5.41, 5.74) is -0.561. The molecule has 0 saturated carbocycles. The van der Waals surface area contributed by atoms with E-state index in [2.05, 4.69) is 20.6 Å². The minimum absolute atomic E-state index is 0.251. The van der Waals surface area contributed by atoms with Gasteiger partial charge in [0.1, 0.15) is 6.04 Å². The van der Waals surface area contributed by atoms with E-state index in [-0.39, 0.29) is 17.3 Å². The van der Waals surface area contributed by atoms with Gasteiger partial charge in [-0.05, 0) is 13.8 Å². The molecule has 0 radical (unpaired) electrons. The highest BCUT2D eigenvalue weighted by molar-refractivity contribution is 6.03. The van der Waals surface area contributed by atoms with Crippen LogP contribution < -0.4 is 10.6 Å². The molecule has 1 unspecified atom stereocenters. The van der Waals surface area contributed by atoms with Gasteiger partial charge < -0.3 is 20.7 Å². The fourth-order valence-electron chi connectivity index (χ4n) is 1.29. The van der Waals surface area contributed by atoms with E-state index in [1.165, 1.54) is 6.92 Å². The minimum Gasteiger partial charge on any atom is -0.477 e. The summed E-state index contributed by atoms with van der Waals surface area (Å²) in [6.07, 6.45) is 1.11. The Morgan fingerprint density at radius 3 is 2.72 bits per heavy atom. The highest BCUT2D eigenvalue weighted by atomic mass is 16.4. The van der Waals surface area contributed by atoms with Gasteiger partial charge >= 0.3 is 5.97 Å². The Labute approximate surface area is 103 Å². The van der Waals surface area contributed by atoms with Gasteiger partial charge in [0.15, 0.2) is 11.4 Å². The van der Waals surface area contributed by atoms with Crippen LogP contribution in [-0.4, -0.2) is 45.4 Å². The predicted octanol–water partition coefficient (Wildman–Crippen LogP) is -0.638. The van der Waals surface area contributed by atoms with E-state index in [9.17, 15) is 14.4 Å². The molecule has 0 aromatic carbocycles. The number of carboxylic acid groups (broad SMARTS) is 1. The molecule has 8 nitrogen and oxygen atoms in total. The number of aromatic carboxylic acids is 1. The number of carbonyl (C=O) groups is 3. The molecule has 1 rings (SSSR count). The van der Waals surface area contributed by atoms with E-state index in [0.717, 1.165) is 6.33 Å². The average molecular weight is 254 g/mol. The van der Waals surface area contributed by atoms with E-state index < -0.39 is 17.9 Å². The summed E-state index contributed by atoms with van der Waals surface area (Å²) in [6.45, 7) is 3.69. The van der Waals surface area contributed by atoms with Gasteiger partial charge in [0.2, 0.25) is 5.91 Å². The summed E-state index contributed by atoms with van der Waals surface area (Å²) in [5.74, 6) is -2.35. The number of carbonyl (C=O) groups excluding carboxylic acids is 2. The molecule has 1 heterocycles. The summed E-state index contributed by atoms with van der Waals surface area (Å²) < 4.78 is 0. The van der Waals surface area contributed by atoms with Crippen LogP contribution in [0.3, 0.4) is 0 Å².